The molecule has 182 valence electrons. The van der Waals surface area contributed by atoms with Crippen LogP contribution in [0.25, 0.3) is 11.7 Å². The molecule has 0 atom stereocenters. The summed E-state index contributed by atoms with van der Waals surface area (Å²) in [6.07, 6.45) is 10.6. The van der Waals surface area contributed by atoms with Crippen molar-refractivity contribution in [1.29, 1.82) is 0 Å². The Labute approximate surface area is 196 Å². The summed E-state index contributed by atoms with van der Waals surface area (Å²) in [5.74, 6) is 0.434. The van der Waals surface area contributed by atoms with Crippen LogP contribution in [0.5, 0.6) is 0 Å². The molecule has 0 aliphatic carbocycles. The normalized spacial score (nSPS) is 11.5. The number of carbonyl (C=O) groups excluding carboxylic acids is 2. The Morgan fingerprint density at radius 3 is 2.67 bits per heavy atom. The van der Waals surface area contributed by atoms with Crippen LogP contribution in [0.4, 0.5) is 5.82 Å². The van der Waals surface area contributed by atoms with Crippen LogP contribution < -0.4 is 10.8 Å². The molecule has 2 aromatic rings. The van der Waals surface area contributed by atoms with Gasteiger partial charge in [0.2, 0.25) is 5.91 Å². The van der Waals surface area contributed by atoms with Crippen molar-refractivity contribution in [3.05, 3.63) is 35.7 Å². The quantitative estimate of drug-likeness (QED) is 0.174. The van der Waals surface area contributed by atoms with Crippen molar-refractivity contribution in [2.75, 3.05) is 46.1 Å². The second-order valence-electron chi connectivity index (χ2n) is 8.51. The van der Waals surface area contributed by atoms with Gasteiger partial charge in [-0.2, -0.15) is 0 Å². The number of nitrogens with zero attached hydrogens (tertiary/aromatic N) is 4. The van der Waals surface area contributed by atoms with Crippen molar-refractivity contribution in [3.63, 3.8) is 0 Å². The van der Waals surface area contributed by atoms with Gasteiger partial charge < -0.3 is 15.1 Å². The van der Waals surface area contributed by atoms with Crippen LogP contribution >= 0.6 is 0 Å². The topological polar surface area (TPSA) is 102 Å². The van der Waals surface area contributed by atoms with Crippen molar-refractivity contribution in [2.45, 2.75) is 45.4 Å². The lowest BCUT2D eigenvalue weighted by molar-refractivity contribution is -0.129. The van der Waals surface area contributed by atoms with Gasteiger partial charge in [-0.3, -0.25) is 19.2 Å². The molecule has 2 rings (SSSR count). The molecular weight excluding hydrogens is 420 g/mol. The Kier molecular flexibility index (Phi) is 10.9. The molecule has 0 saturated heterocycles. The minimum absolute atomic E-state index is 0.109. The van der Waals surface area contributed by atoms with Gasteiger partial charge in [0.05, 0.1) is 5.69 Å². The fourth-order valence-corrected chi connectivity index (χ4v) is 3.46. The van der Waals surface area contributed by atoms with Crippen LogP contribution in [0, 0.1) is 0 Å². The van der Waals surface area contributed by atoms with Crippen molar-refractivity contribution in [2.24, 2.45) is 0 Å². The maximum Gasteiger partial charge on any atom is 0.267 e. The number of rotatable bonds is 14. The van der Waals surface area contributed by atoms with Crippen LogP contribution in [0.3, 0.4) is 0 Å². The molecule has 0 bridgehead atoms. The highest BCUT2D eigenvalue weighted by Gasteiger charge is 2.14. The maximum atomic E-state index is 12.5. The van der Waals surface area contributed by atoms with Crippen LogP contribution in [0.2, 0.25) is 0 Å². The predicted molar refractivity (Wildman–Crippen MR) is 131 cm³/mol. The van der Waals surface area contributed by atoms with Crippen LogP contribution in [-0.2, 0) is 16.0 Å². The number of amides is 2. The maximum absolute atomic E-state index is 12.5. The van der Waals surface area contributed by atoms with Crippen molar-refractivity contribution in [3.8, 4) is 0 Å². The summed E-state index contributed by atoms with van der Waals surface area (Å²) in [7, 11) is 5.83. The molecule has 0 aliphatic heterocycles. The van der Waals surface area contributed by atoms with Gasteiger partial charge in [-0.1, -0.05) is 26.2 Å². The zero-order valence-corrected chi connectivity index (χ0v) is 20.3. The summed E-state index contributed by atoms with van der Waals surface area (Å²) in [6, 6.07) is 3.77. The van der Waals surface area contributed by atoms with Gasteiger partial charge in [-0.25, -0.2) is 10.5 Å². The highest BCUT2D eigenvalue weighted by Crippen LogP contribution is 2.22. The third-order valence-corrected chi connectivity index (χ3v) is 5.47. The molecule has 0 spiro atoms. The highest BCUT2D eigenvalue weighted by molar-refractivity contribution is 5.91. The second-order valence-corrected chi connectivity index (χ2v) is 8.51. The second kappa shape index (κ2) is 13.6. The van der Waals surface area contributed by atoms with E-state index in [0.29, 0.717) is 19.5 Å². The molecule has 0 saturated carbocycles. The van der Waals surface area contributed by atoms with Gasteiger partial charge in [-0.05, 0) is 50.7 Å². The lowest BCUT2D eigenvalue weighted by Crippen LogP contribution is -2.34. The Balaban J connectivity index is 2.13. The number of carbonyl (C=O) groups is 2. The van der Waals surface area contributed by atoms with Crippen LogP contribution in [-0.4, -0.2) is 77.0 Å². The molecule has 2 amide bonds. The first kappa shape index (κ1) is 26.3. The van der Waals surface area contributed by atoms with E-state index in [1.54, 1.807) is 16.5 Å². The van der Waals surface area contributed by atoms with Gasteiger partial charge in [0.15, 0.2) is 0 Å². The van der Waals surface area contributed by atoms with Gasteiger partial charge in [0.1, 0.15) is 11.5 Å². The van der Waals surface area contributed by atoms with Gasteiger partial charge in [-0.15, -0.1) is 0 Å². The lowest BCUT2D eigenvalue weighted by Gasteiger charge is -2.20. The van der Waals surface area contributed by atoms with Crippen molar-refractivity contribution < 1.29 is 14.8 Å². The predicted octanol–water partition coefficient (Wildman–Crippen LogP) is 2.80. The first-order valence-electron chi connectivity index (χ1n) is 11.6. The summed E-state index contributed by atoms with van der Waals surface area (Å²) < 4.78 is 1.98. The summed E-state index contributed by atoms with van der Waals surface area (Å²) in [6.45, 7) is 4.26. The van der Waals surface area contributed by atoms with E-state index in [4.69, 9.17) is 10.2 Å². The zero-order chi connectivity index (χ0) is 24.2. The third-order valence-electron chi connectivity index (χ3n) is 5.47. The fourth-order valence-electron chi connectivity index (χ4n) is 3.46. The third kappa shape index (κ3) is 8.51. The van der Waals surface area contributed by atoms with Gasteiger partial charge >= 0.3 is 0 Å². The number of hydrogen-bond acceptors (Lipinski definition) is 6. The molecule has 0 unspecified atom stereocenters. The van der Waals surface area contributed by atoms with E-state index in [2.05, 4.69) is 17.1 Å². The van der Waals surface area contributed by atoms with Gasteiger partial charge in [0, 0.05) is 45.4 Å². The van der Waals surface area contributed by atoms with E-state index in [0.717, 1.165) is 48.5 Å². The number of anilines is 1. The summed E-state index contributed by atoms with van der Waals surface area (Å²) in [5, 5.41) is 12.1. The Hall–Kier alpha value is -2.91. The molecule has 2 aromatic heterocycles. The van der Waals surface area contributed by atoms with E-state index in [-0.39, 0.29) is 5.91 Å². The van der Waals surface area contributed by atoms with Crippen LogP contribution in [0.1, 0.15) is 50.3 Å². The number of hydroxylamine groups is 1. The minimum Gasteiger partial charge on any atom is -0.369 e. The first-order chi connectivity index (χ1) is 15.8. The van der Waals surface area contributed by atoms with Crippen molar-refractivity contribution >= 4 is 29.4 Å². The number of aryl methyl sites for hydroxylation is 1. The molecule has 0 fully saturated rings. The van der Waals surface area contributed by atoms with E-state index in [1.807, 2.05) is 43.9 Å². The smallest absolute Gasteiger partial charge is 0.267 e. The molecule has 2 heterocycles. The lowest BCUT2D eigenvalue weighted by atomic mass is 10.1. The molecule has 0 radical (unpaired) electrons. The van der Waals surface area contributed by atoms with Crippen LogP contribution in [0.15, 0.2) is 24.4 Å². The van der Waals surface area contributed by atoms with E-state index in [1.165, 1.54) is 18.9 Å². The average molecular weight is 459 g/mol. The number of pyridine rings is 1. The molecule has 0 aromatic carbocycles. The molecular formula is C24H38N6O3. The number of nitrogens with one attached hydrogen (secondary N) is 2. The molecule has 3 N–H and O–H groups in total. The van der Waals surface area contributed by atoms with E-state index < -0.39 is 5.91 Å². The summed E-state index contributed by atoms with van der Waals surface area (Å²) in [5.41, 5.74) is 4.13. The number of aromatic nitrogens is 2. The minimum atomic E-state index is -0.586. The number of unbranched alkanes of at least 4 members (excludes halogenated alkanes) is 3. The zero-order valence-electron chi connectivity index (χ0n) is 20.3. The molecule has 9 heteroatoms. The number of likely N-dealkylation sites (N-methyl/N-ethyl adjacent to an activating group) is 2. The van der Waals surface area contributed by atoms with Crippen molar-refractivity contribution in [1.82, 2.24) is 24.7 Å². The standard InChI is InChI=1S/C24H38N6O3/c1-5-6-7-8-9-20-24(25-14-12-23(32)29(4)17-16-28(2)3)30-15-13-19(18-21(30)26-20)10-11-22(31)27-33/h10-11,13,15,18,25,33H,5-9,12,14,16-17H2,1-4H3,(H,27,31)/b11-10+. The number of fused-ring (bicyclic) bond motifs is 1. The summed E-state index contributed by atoms with van der Waals surface area (Å²) >= 11 is 0. The molecule has 9 nitrogen and oxygen atoms in total. The average Bonchev–Trinajstić information content (AvgIpc) is 3.15. The number of hydrogen-bond donors (Lipinski definition) is 3. The number of imidazole rings is 1. The highest BCUT2D eigenvalue weighted by atomic mass is 16.5. The largest absolute Gasteiger partial charge is 0.369 e. The van der Waals surface area contributed by atoms with E-state index in [9.17, 15) is 9.59 Å². The van der Waals surface area contributed by atoms with E-state index >= 15 is 0 Å². The summed E-state index contributed by atoms with van der Waals surface area (Å²) in [4.78, 5) is 32.4. The van der Waals surface area contributed by atoms with Gasteiger partial charge in [0.25, 0.3) is 5.91 Å². The Morgan fingerprint density at radius 1 is 1.18 bits per heavy atom. The first-order valence-corrected chi connectivity index (χ1v) is 11.6. The Bertz CT molecular complexity index is 938. The SMILES string of the molecule is CCCCCCc1nc2cc(/C=C/C(=O)NO)ccn2c1NCCC(=O)N(C)CCN(C)C. The molecule has 33 heavy (non-hydrogen) atoms. The fraction of sp³-hybridized carbons (Fsp3) is 0.542. The molecule has 0 aliphatic rings. The monoisotopic (exact) mass is 458 g/mol. The Morgan fingerprint density at radius 2 is 1.97 bits per heavy atom.